The van der Waals surface area contributed by atoms with Crippen molar-refractivity contribution in [2.75, 3.05) is 11.4 Å². The number of anilines is 1. The van der Waals surface area contributed by atoms with Crippen molar-refractivity contribution in [3.63, 3.8) is 0 Å². The molecule has 1 aliphatic heterocycles. The lowest BCUT2D eigenvalue weighted by molar-refractivity contribution is -0.136. The molecule has 0 spiro atoms. The Kier molecular flexibility index (Phi) is 5.61. The quantitative estimate of drug-likeness (QED) is 0.846. The van der Waals surface area contributed by atoms with Crippen molar-refractivity contribution in [2.24, 2.45) is 10.9 Å². The maximum Gasteiger partial charge on any atom is 0.323 e. The monoisotopic (exact) mass is 384 g/mol. The van der Waals surface area contributed by atoms with Gasteiger partial charge in [-0.25, -0.2) is 0 Å². The van der Waals surface area contributed by atoms with Gasteiger partial charge in [-0.05, 0) is 24.1 Å². The number of aliphatic carboxylic acids is 1. The summed E-state index contributed by atoms with van der Waals surface area (Å²) >= 11 is 6.22. The van der Waals surface area contributed by atoms with Gasteiger partial charge in [0.05, 0.1) is 11.4 Å². The Morgan fingerprint density at radius 2 is 1.96 bits per heavy atom. The number of aliphatic imine (C=N–C) groups is 1. The average molecular weight is 385 g/mol. The number of rotatable bonds is 5. The van der Waals surface area contributed by atoms with Gasteiger partial charge in [0.1, 0.15) is 12.6 Å². The zero-order valence-corrected chi connectivity index (χ0v) is 16.0. The van der Waals surface area contributed by atoms with E-state index in [0.29, 0.717) is 22.0 Å². The molecule has 1 aliphatic rings. The second-order valence-corrected chi connectivity index (χ2v) is 7.09. The Labute approximate surface area is 163 Å². The number of amides is 1. The van der Waals surface area contributed by atoms with Gasteiger partial charge in [0.2, 0.25) is 0 Å². The molecule has 27 heavy (non-hydrogen) atoms. The topological polar surface area (TPSA) is 70.0 Å². The van der Waals surface area contributed by atoms with Crippen LogP contribution in [0.1, 0.15) is 31.4 Å². The van der Waals surface area contributed by atoms with Gasteiger partial charge in [-0.1, -0.05) is 62.2 Å². The zero-order chi connectivity index (χ0) is 19.6. The van der Waals surface area contributed by atoms with Crippen LogP contribution in [-0.2, 0) is 9.59 Å². The van der Waals surface area contributed by atoms with E-state index in [2.05, 4.69) is 0 Å². The molecule has 2 aromatic carbocycles. The summed E-state index contributed by atoms with van der Waals surface area (Å²) in [7, 11) is 0. The molecule has 2 aromatic rings. The van der Waals surface area contributed by atoms with Crippen LogP contribution >= 0.6 is 11.6 Å². The van der Waals surface area contributed by atoms with Gasteiger partial charge in [-0.3, -0.25) is 19.5 Å². The normalized spacial score (nSPS) is 17.7. The van der Waals surface area contributed by atoms with Crippen LogP contribution in [0.4, 0.5) is 5.69 Å². The van der Waals surface area contributed by atoms with Crippen LogP contribution in [-0.4, -0.2) is 35.3 Å². The van der Waals surface area contributed by atoms with Crippen molar-refractivity contribution in [1.82, 2.24) is 0 Å². The first-order valence-electron chi connectivity index (χ1n) is 8.88. The van der Waals surface area contributed by atoms with Crippen LogP contribution in [0.15, 0.2) is 53.5 Å². The van der Waals surface area contributed by atoms with Crippen molar-refractivity contribution in [1.29, 1.82) is 0 Å². The van der Waals surface area contributed by atoms with Crippen LogP contribution in [0, 0.1) is 5.92 Å². The number of hydrogen-bond acceptors (Lipinski definition) is 3. The number of carbonyl (C=O) groups is 2. The molecule has 0 fully saturated rings. The average Bonchev–Trinajstić information content (AvgIpc) is 2.77. The maximum atomic E-state index is 13.2. The number of benzene rings is 2. The van der Waals surface area contributed by atoms with Crippen molar-refractivity contribution >= 4 is 34.9 Å². The van der Waals surface area contributed by atoms with Crippen molar-refractivity contribution in [2.45, 2.75) is 26.3 Å². The third kappa shape index (κ3) is 3.88. The third-order valence-electron chi connectivity index (χ3n) is 4.82. The Balaban J connectivity index is 2.27. The number of hydrogen-bond donors (Lipinski definition) is 1. The number of carbonyl (C=O) groups excluding carboxylic acids is 1. The van der Waals surface area contributed by atoms with E-state index in [1.54, 1.807) is 18.2 Å². The molecule has 1 unspecified atom stereocenters. The van der Waals surface area contributed by atoms with E-state index in [9.17, 15) is 14.7 Å². The van der Waals surface area contributed by atoms with Crippen LogP contribution in [0.2, 0.25) is 5.02 Å². The molecule has 0 saturated carbocycles. The summed E-state index contributed by atoms with van der Waals surface area (Å²) in [5.74, 6) is -1.41. The molecule has 3 rings (SSSR count). The zero-order valence-electron chi connectivity index (χ0n) is 15.2. The molecule has 0 radical (unpaired) electrons. The van der Waals surface area contributed by atoms with Crippen LogP contribution in [0.3, 0.4) is 0 Å². The maximum absolute atomic E-state index is 13.2. The van der Waals surface area contributed by atoms with Gasteiger partial charge < -0.3 is 5.11 Å². The summed E-state index contributed by atoms with van der Waals surface area (Å²) in [6.45, 7) is 3.53. The first-order chi connectivity index (χ1) is 12.9. The van der Waals surface area contributed by atoms with Crippen LogP contribution < -0.4 is 4.90 Å². The molecule has 1 heterocycles. The Bertz CT molecular complexity index is 896. The van der Waals surface area contributed by atoms with E-state index in [-0.39, 0.29) is 11.8 Å². The van der Waals surface area contributed by atoms with Crippen LogP contribution in [0.25, 0.3) is 0 Å². The second-order valence-electron chi connectivity index (χ2n) is 6.65. The lowest BCUT2D eigenvalue weighted by Crippen LogP contribution is -2.43. The summed E-state index contributed by atoms with van der Waals surface area (Å²) in [6, 6.07) is 14.0. The van der Waals surface area contributed by atoms with Gasteiger partial charge in [0, 0.05) is 16.1 Å². The minimum absolute atomic E-state index is 0.0303. The molecule has 6 heteroatoms. The molecule has 1 amide bonds. The molecule has 0 aromatic heterocycles. The van der Waals surface area contributed by atoms with Crippen molar-refractivity contribution < 1.29 is 14.7 Å². The lowest BCUT2D eigenvalue weighted by Gasteiger charge is -2.25. The summed E-state index contributed by atoms with van der Waals surface area (Å²) in [5.41, 5.74) is 2.69. The van der Waals surface area contributed by atoms with E-state index in [1.165, 1.54) is 4.90 Å². The number of fused-ring (bicyclic) bond motifs is 1. The van der Waals surface area contributed by atoms with E-state index in [4.69, 9.17) is 16.6 Å². The predicted octanol–water partition coefficient (Wildman–Crippen LogP) is 4.02. The Hall–Kier alpha value is -2.66. The lowest BCUT2D eigenvalue weighted by atomic mass is 9.98. The molecule has 0 saturated heterocycles. The second kappa shape index (κ2) is 7.92. The van der Waals surface area contributed by atoms with Gasteiger partial charge in [-0.2, -0.15) is 0 Å². The first kappa shape index (κ1) is 19.1. The molecular weight excluding hydrogens is 364 g/mol. The smallest absolute Gasteiger partial charge is 0.323 e. The summed E-state index contributed by atoms with van der Waals surface area (Å²) in [5, 5.41) is 9.87. The summed E-state index contributed by atoms with van der Waals surface area (Å²) < 4.78 is 0. The first-order valence-corrected chi connectivity index (χ1v) is 9.26. The van der Waals surface area contributed by atoms with E-state index >= 15 is 0 Å². The minimum Gasteiger partial charge on any atom is -0.480 e. The van der Waals surface area contributed by atoms with Gasteiger partial charge in [0.25, 0.3) is 5.91 Å². The number of nitrogens with zero attached hydrogens (tertiary/aromatic N) is 2. The van der Waals surface area contributed by atoms with Gasteiger partial charge in [-0.15, -0.1) is 0 Å². The molecule has 140 valence electrons. The van der Waals surface area contributed by atoms with Gasteiger partial charge in [0.15, 0.2) is 0 Å². The SMILES string of the molecule is CCC(C)[C@@H]1N=C(c2ccccc2)c2cc(Cl)ccc2N(CC(=O)O)C1=O. The summed E-state index contributed by atoms with van der Waals surface area (Å²) in [4.78, 5) is 30.8. The highest BCUT2D eigenvalue weighted by molar-refractivity contribution is 6.32. The largest absolute Gasteiger partial charge is 0.480 e. The Morgan fingerprint density at radius 3 is 2.59 bits per heavy atom. The Morgan fingerprint density at radius 1 is 1.26 bits per heavy atom. The van der Waals surface area contributed by atoms with E-state index in [0.717, 1.165) is 12.0 Å². The highest BCUT2D eigenvalue weighted by Crippen LogP contribution is 2.32. The van der Waals surface area contributed by atoms with Gasteiger partial charge >= 0.3 is 5.97 Å². The highest BCUT2D eigenvalue weighted by Gasteiger charge is 2.35. The summed E-state index contributed by atoms with van der Waals surface area (Å²) in [6.07, 6.45) is 0.750. The number of halogens is 1. The van der Waals surface area contributed by atoms with E-state index in [1.807, 2.05) is 44.2 Å². The molecule has 2 atom stereocenters. The fraction of sp³-hybridized carbons (Fsp3) is 0.286. The van der Waals surface area contributed by atoms with Crippen molar-refractivity contribution in [3.05, 3.63) is 64.7 Å². The predicted molar refractivity (Wildman–Crippen MR) is 107 cm³/mol. The van der Waals surface area contributed by atoms with Crippen LogP contribution in [0.5, 0.6) is 0 Å². The number of carboxylic acid groups (broad SMARTS) is 1. The molecule has 5 nitrogen and oxygen atoms in total. The molecular formula is C21H21ClN2O3. The standard InChI is InChI=1S/C21H21ClN2O3/c1-3-13(2)19-21(27)24(12-18(25)26)17-10-9-15(22)11-16(17)20(23-19)14-7-5-4-6-8-14/h4-11,13,19H,3,12H2,1-2H3,(H,25,26)/t13?,19-/m0/s1. The number of benzodiazepines with no additional fused rings is 1. The fourth-order valence-corrected chi connectivity index (χ4v) is 3.37. The molecule has 0 bridgehead atoms. The van der Waals surface area contributed by atoms with E-state index < -0.39 is 18.6 Å². The minimum atomic E-state index is -1.07. The van der Waals surface area contributed by atoms with Crippen molar-refractivity contribution in [3.8, 4) is 0 Å². The fourth-order valence-electron chi connectivity index (χ4n) is 3.19. The molecule has 0 aliphatic carbocycles. The molecule has 1 N–H and O–H groups in total. The highest BCUT2D eigenvalue weighted by atomic mass is 35.5. The third-order valence-corrected chi connectivity index (χ3v) is 5.05. The number of carboxylic acids is 1.